The number of nitrogens with zero attached hydrogens (tertiary/aromatic N) is 2. The molecule has 1 heterocycles. The monoisotopic (exact) mass is 385 g/mol. The molecule has 0 aromatic heterocycles. The normalized spacial score (nSPS) is 14.0. The van der Waals surface area contributed by atoms with Crippen LogP contribution in [0.25, 0.3) is 0 Å². The number of amides is 2. The van der Waals surface area contributed by atoms with E-state index in [2.05, 4.69) is 0 Å². The van der Waals surface area contributed by atoms with Crippen LogP contribution in [0, 0.1) is 5.82 Å². The summed E-state index contributed by atoms with van der Waals surface area (Å²) in [5.41, 5.74) is 7.59. The van der Waals surface area contributed by atoms with Crippen molar-refractivity contribution in [1.82, 2.24) is 9.80 Å². The van der Waals surface area contributed by atoms with E-state index in [1.54, 1.807) is 9.80 Å². The number of ether oxygens (including phenoxy) is 1. The molecule has 0 atom stereocenters. The number of nitrogens with two attached hydrogens (primary N) is 1. The fourth-order valence-corrected chi connectivity index (χ4v) is 3.13. The first kappa shape index (κ1) is 19.7. The molecule has 0 saturated carbocycles. The van der Waals surface area contributed by atoms with Gasteiger partial charge in [-0.1, -0.05) is 18.2 Å². The lowest BCUT2D eigenvalue weighted by atomic mass is 10.1. The second-order valence-corrected chi connectivity index (χ2v) is 6.70. The molecule has 0 aliphatic carbocycles. The van der Waals surface area contributed by atoms with Gasteiger partial charge < -0.3 is 20.3 Å². The van der Waals surface area contributed by atoms with Crippen LogP contribution in [0.2, 0.25) is 0 Å². The largest absolute Gasteiger partial charge is 0.484 e. The standard InChI is InChI=1S/C21H24FN3O3/c22-17-6-8-18(9-7-17)28-15-21(27)25-13-11-24(12-14-25)20(26)10-5-16-3-1-2-4-19(16)23/h1-4,6-9H,5,10-15,23H2. The van der Waals surface area contributed by atoms with E-state index < -0.39 is 0 Å². The van der Waals surface area contributed by atoms with E-state index in [0.29, 0.717) is 50.5 Å². The molecule has 2 aromatic carbocycles. The molecule has 7 heteroatoms. The number of rotatable bonds is 6. The molecular formula is C21H24FN3O3. The van der Waals surface area contributed by atoms with E-state index in [4.69, 9.17) is 10.5 Å². The van der Waals surface area contributed by atoms with Gasteiger partial charge in [-0.15, -0.1) is 0 Å². The molecule has 148 valence electrons. The molecule has 2 amide bonds. The quantitative estimate of drug-likeness (QED) is 0.773. The van der Waals surface area contributed by atoms with Gasteiger partial charge in [-0.25, -0.2) is 4.39 Å². The van der Waals surface area contributed by atoms with E-state index in [9.17, 15) is 14.0 Å². The average Bonchev–Trinajstić information content (AvgIpc) is 2.72. The molecule has 1 aliphatic heterocycles. The zero-order valence-corrected chi connectivity index (χ0v) is 15.6. The highest BCUT2D eigenvalue weighted by Gasteiger charge is 2.24. The molecule has 0 unspecified atom stereocenters. The van der Waals surface area contributed by atoms with Gasteiger partial charge in [0.1, 0.15) is 11.6 Å². The Bertz CT molecular complexity index is 818. The fourth-order valence-electron chi connectivity index (χ4n) is 3.13. The number of hydrogen-bond acceptors (Lipinski definition) is 4. The number of halogens is 1. The first-order valence-electron chi connectivity index (χ1n) is 9.30. The topological polar surface area (TPSA) is 75.9 Å². The summed E-state index contributed by atoms with van der Waals surface area (Å²) >= 11 is 0. The Morgan fingerprint density at radius 1 is 0.929 bits per heavy atom. The zero-order chi connectivity index (χ0) is 19.9. The number of para-hydroxylation sites is 1. The van der Waals surface area contributed by atoms with E-state index >= 15 is 0 Å². The van der Waals surface area contributed by atoms with Gasteiger partial charge in [0.25, 0.3) is 5.91 Å². The molecule has 6 nitrogen and oxygen atoms in total. The molecule has 2 N–H and O–H groups in total. The van der Waals surface area contributed by atoms with Gasteiger partial charge in [0.2, 0.25) is 5.91 Å². The first-order valence-corrected chi connectivity index (χ1v) is 9.30. The minimum Gasteiger partial charge on any atom is -0.484 e. The van der Waals surface area contributed by atoms with Crippen LogP contribution in [0.3, 0.4) is 0 Å². The van der Waals surface area contributed by atoms with Crippen molar-refractivity contribution in [3.8, 4) is 5.75 Å². The number of piperazine rings is 1. The van der Waals surface area contributed by atoms with Crippen LogP contribution in [0.5, 0.6) is 5.75 Å². The fraction of sp³-hybridized carbons (Fsp3) is 0.333. The highest BCUT2D eigenvalue weighted by molar-refractivity contribution is 5.79. The van der Waals surface area contributed by atoms with Crippen LogP contribution < -0.4 is 10.5 Å². The van der Waals surface area contributed by atoms with Crippen molar-refractivity contribution in [2.45, 2.75) is 12.8 Å². The van der Waals surface area contributed by atoms with Crippen molar-refractivity contribution in [1.29, 1.82) is 0 Å². The predicted molar refractivity (Wildman–Crippen MR) is 104 cm³/mol. The maximum absolute atomic E-state index is 12.9. The minimum atomic E-state index is -0.352. The number of hydrogen-bond donors (Lipinski definition) is 1. The van der Waals surface area contributed by atoms with Crippen LogP contribution in [0.15, 0.2) is 48.5 Å². The first-order chi connectivity index (χ1) is 13.5. The van der Waals surface area contributed by atoms with Gasteiger partial charge in [-0.05, 0) is 42.3 Å². The third kappa shape index (κ3) is 5.22. The van der Waals surface area contributed by atoms with Crippen molar-refractivity contribution in [2.24, 2.45) is 0 Å². The van der Waals surface area contributed by atoms with E-state index in [1.807, 2.05) is 24.3 Å². The van der Waals surface area contributed by atoms with Crippen LogP contribution in [-0.2, 0) is 16.0 Å². The van der Waals surface area contributed by atoms with Gasteiger partial charge in [-0.3, -0.25) is 9.59 Å². The van der Waals surface area contributed by atoms with Gasteiger partial charge in [-0.2, -0.15) is 0 Å². The number of anilines is 1. The molecule has 28 heavy (non-hydrogen) atoms. The molecule has 1 fully saturated rings. The summed E-state index contributed by atoms with van der Waals surface area (Å²) in [6, 6.07) is 13.1. The van der Waals surface area contributed by atoms with Gasteiger partial charge in [0, 0.05) is 38.3 Å². The summed E-state index contributed by atoms with van der Waals surface area (Å²) < 4.78 is 18.3. The molecular weight excluding hydrogens is 361 g/mol. The van der Waals surface area contributed by atoms with Crippen molar-refractivity contribution in [3.05, 3.63) is 59.9 Å². The summed E-state index contributed by atoms with van der Waals surface area (Å²) in [5.74, 6) is 0.0181. The smallest absolute Gasteiger partial charge is 0.260 e. The number of benzene rings is 2. The lowest BCUT2D eigenvalue weighted by molar-refractivity contribution is -0.140. The zero-order valence-electron chi connectivity index (χ0n) is 15.6. The van der Waals surface area contributed by atoms with E-state index in [0.717, 1.165) is 5.56 Å². The number of carbonyl (C=O) groups excluding carboxylic acids is 2. The molecule has 1 saturated heterocycles. The molecule has 3 rings (SSSR count). The number of nitrogen functional groups attached to an aromatic ring is 1. The Morgan fingerprint density at radius 2 is 1.54 bits per heavy atom. The van der Waals surface area contributed by atoms with E-state index in [1.165, 1.54) is 24.3 Å². The molecule has 0 bridgehead atoms. The molecule has 2 aromatic rings. The van der Waals surface area contributed by atoms with Crippen molar-refractivity contribution >= 4 is 17.5 Å². The lowest BCUT2D eigenvalue weighted by Crippen LogP contribution is -2.51. The highest BCUT2D eigenvalue weighted by atomic mass is 19.1. The van der Waals surface area contributed by atoms with E-state index in [-0.39, 0.29) is 24.2 Å². The number of aryl methyl sites for hydroxylation is 1. The summed E-state index contributed by atoms with van der Waals surface area (Å²) in [4.78, 5) is 28.2. The van der Waals surface area contributed by atoms with Crippen LogP contribution in [0.4, 0.5) is 10.1 Å². The van der Waals surface area contributed by atoms with Crippen LogP contribution in [0.1, 0.15) is 12.0 Å². The van der Waals surface area contributed by atoms with Gasteiger partial charge in [0.05, 0.1) is 0 Å². The van der Waals surface area contributed by atoms with Crippen molar-refractivity contribution < 1.29 is 18.7 Å². The Balaban J connectivity index is 1.40. The average molecular weight is 385 g/mol. The van der Waals surface area contributed by atoms with Crippen LogP contribution >= 0.6 is 0 Å². The van der Waals surface area contributed by atoms with Gasteiger partial charge in [0.15, 0.2) is 6.61 Å². The van der Waals surface area contributed by atoms with Crippen molar-refractivity contribution in [2.75, 3.05) is 38.5 Å². The molecule has 0 spiro atoms. The van der Waals surface area contributed by atoms with Gasteiger partial charge >= 0.3 is 0 Å². The number of carbonyl (C=O) groups is 2. The summed E-state index contributed by atoms with van der Waals surface area (Å²) in [5, 5.41) is 0. The summed E-state index contributed by atoms with van der Waals surface area (Å²) in [7, 11) is 0. The maximum Gasteiger partial charge on any atom is 0.260 e. The highest BCUT2D eigenvalue weighted by Crippen LogP contribution is 2.15. The van der Waals surface area contributed by atoms with Crippen LogP contribution in [-0.4, -0.2) is 54.4 Å². The Morgan fingerprint density at radius 3 is 2.18 bits per heavy atom. The lowest BCUT2D eigenvalue weighted by Gasteiger charge is -2.34. The van der Waals surface area contributed by atoms with Crippen molar-refractivity contribution in [3.63, 3.8) is 0 Å². The third-order valence-electron chi connectivity index (χ3n) is 4.82. The second kappa shape index (κ2) is 9.21. The summed E-state index contributed by atoms with van der Waals surface area (Å²) in [6.07, 6.45) is 1.01. The summed E-state index contributed by atoms with van der Waals surface area (Å²) in [6.45, 7) is 1.86. The second-order valence-electron chi connectivity index (χ2n) is 6.70. The Labute approximate surface area is 163 Å². The Kier molecular flexibility index (Phi) is 6.47. The molecule has 0 radical (unpaired) electrons. The molecule has 1 aliphatic rings. The third-order valence-corrected chi connectivity index (χ3v) is 4.82. The Hall–Kier alpha value is -3.09. The SMILES string of the molecule is Nc1ccccc1CCC(=O)N1CCN(C(=O)COc2ccc(F)cc2)CC1. The predicted octanol–water partition coefficient (Wildman–Crippen LogP) is 2.09. The minimum absolute atomic E-state index is 0.0675. The maximum atomic E-state index is 12.9.